The summed E-state index contributed by atoms with van der Waals surface area (Å²) in [6.07, 6.45) is 7.69. The van der Waals surface area contributed by atoms with E-state index in [1.807, 2.05) is 18.2 Å². The van der Waals surface area contributed by atoms with Crippen LogP contribution in [-0.4, -0.2) is 32.9 Å². The van der Waals surface area contributed by atoms with Crippen LogP contribution in [0.5, 0.6) is 0 Å². The summed E-state index contributed by atoms with van der Waals surface area (Å²) in [5.74, 6) is -0.308. The molecule has 1 heterocycles. The number of halogens is 1. The summed E-state index contributed by atoms with van der Waals surface area (Å²) in [6.45, 7) is 4.07. The van der Waals surface area contributed by atoms with Crippen molar-refractivity contribution in [1.29, 1.82) is 0 Å². The Morgan fingerprint density at radius 2 is 2.03 bits per heavy atom. The van der Waals surface area contributed by atoms with Crippen LogP contribution in [0.2, 0.25) is 5.02 Å². The molecule has 0 aliphatic heterocycles. The van der Waals surface area contributed by atoms with Crippen molar-refractivity contribution in [2.45, 2.75) is 0 Å². The molecule has 0 radical (unpaired) electrons. The highest BCUT2D eigenvalue weighted by Crippen LogP contribution is 2.27. The van der Waals surface area contributed by atoms with Gasteiger partial charge in [-0.15, -0.1) is 0 Å². The van der Waals surface area contributed by atoms with Gasteiger partial charge >= 0.3 is 0 Å². The second-order valence-electron chi connectivity index (χ2n) is 6.26. The number of sulfonamides is 1. The van der Waals surface area contributed by atoms with Crippen LogP contribution in [0.1, 0.15) is 10.4 Å². The monoisotopic (exact) mass is 428 g/mol. The lowest BCUT2D eigenvalue weighted by molar-refractivity contribution is 0.0957. The van der Waals surface area contributed by atoms with E-state index in [2.05, 4.69) is 21.6 Å². The summed E-state index contributed by atoms with van der Waals surface area (Å²) in [5, 5.41) is 3.38. The van der Waals surface area contributed by atoms with Gasteiger partial charge in [-0.1, -0.05) is 36.4 Å². The van der Waals surface area contributed by atoms with Crippen molar-refractivity contribution >= 4 is 27.5 Å². The maximum atomic E-state index is 12.6. The SMILES string of the molecule is C=C1C=C(S(=O)(=O)NC)[CH+]C=C1CNC(=O)c1cncc(-c2ccccc2Cl)c1. The van der Waals surface area contributed by atoms with E-state index in [0.717, 1.165) is 11.1 Å². The molecule has 8 heteroatoms. The second kappa shape index (κ2) is 8.65. The van der Waals surface area contributed by atoms with E-state index >= 15 is 0 Å². The highest BCUT2D eigenvalue weighted by molar-refractivity contribution is 7.93. The fraction of sp³-hybridized carbons (Fsp3) is 0.0952. The van der Waals surface area contributed by atoms with Gasteiger partial charge in [0, 0.05) is 28.5 Å². The predicted molar refractivity (Wildman–Crippen MR) is 115 cm³/mol. The van der Waals surface area contributed by atoms with Gasteiger partial charge < -0.3 is 5.32 Å². The minimum Gasteiger partial charge on any atom is -0.337 e. The zero-order valence-electron chi connectivity index (χ0n) is 15.6. The number of carbonyl (C=O) groups excluding carboxylic acids is 1. The molecule has 2 aromatic rings. The summed E-state index contributed by atoms with van der Waals surface area (Å²) in [7, 11) is -2.20. The Balaban J connectivity index is 1.69. The Hall–Kier alpha value is -2.87. The quantitative estimate of drug-likeness (QED) is 0.691. The number of nitrogens with one attached hydrogen (secondary N) is 2. The molecule has 1 aromatic heterocycles. The summed E-state index contributed by atoms with van der Waals surface area (Å²) in [6, 6.07) is 9.05. The van der Waals surface area contributed by atoms with Gasteiger partial charge in [-0.2, -0.15) is 0 Å². The van der Waals surface area contributed by atoms with Crippen LogP contribution >= 0.6 is 11.6 Å². The van der Waals surface area contributed by atoms with E-state index in [4.69, 9.17) is 11.6 Å². The first-order valence-corrected chi connectivity index (χ1v) is 10.5. The average Bonchev–Trinajstić information content (AvgIpc) is 2.73. The third-order valence-corrected chi connectivity index (χ3v) is 6.12. The van der Waals surface area contributed by atoms with Gasteiger partial charge in [-0.25, -0.2) is 13.1 Å². The topological polar surface area (TPSA) is 88.2 Å². The van der Waals surface area contributed by atoms with Gasteiger partial charge in [0.15, 0.2) is 4.91 Å². The smallest absolute Gasteiger partial charge is 0.265 e. The lowest BCUT2D eigenvalue weighted by Gasteiger charge is -2.10. The molecule has 3 rings (SSSR count). The zero-order valence-corrected chi connectivity index (χ0v) is 17.2. The molecule has 0 unspecified atom stereocenters. The number of rotatable bonds is 6. The molecule has 6 nitrogen and oxygen atoms in total. The summed E-state index contributed by atoms with van der Waals surface area (Å²) >= 11 is 6.22. The van der Waals surface area contributed by atoms with Gasteiger partial charge in [0.05, 0.1) is 41.8 Å². The number of benzene rings is 1. The molecule has 0 atom stereocenters. The highest BCUT2D eigenvalue weighted by atomic mass is 35.5. The van der Waals surface area contributed by atoms with Crippen molar-refractivity contribution in [3.63, 3.8) is 0 Å². The molecule has 29 heavy (non-hydrogen) atoms. The zero-order chi connectivity index (χ0) is 21.0. The molecule has 0 bridgehead atoms. The van der Waals surface area contributed by atoms with Gasteiger partial charge in [0.25, 0.3) is 15.9 Å². The second-order valence-corrected chi connectivity index (χ2v) is 8.56. The number of hydrogen-bond donors (Lipinski definition) is 2. The molecule has 0 fully saturated rings. The summed E-state index contributed by atoms with van der Waals surface area (Å²) < 4.78 is 26.0. The van der Waals surface area contributed by atoms with Crippen LogP contribution in [0, 0.1) is 6.42 Å². The standard InChI is InChI=1S/C21H18ClN3O3S/c1-14-9-18(29(27,28)23-2)8-7-15(14)13-25-21(26)17-10-16(11-24-12-17)19-5-3-4-6-20(19)22/h3-12,23H,1,13H2,2H3/p+1. The first kappa shape index (κ1) is 20.9. The van der Waals surface area contributed by atoms with Crippen molar-refractivity contribution in [3.8, 4) is 11.1 Å². The van der Waals surface area contributed by atoms with E-state index < -0.39 is 10.0 Å². The van der Waals surface area contributed by atoms with Gasteiger partial charge in [0.2, 0.25) is 0 Å². The lowest BCUT2D eigenvalue weighted by atomic mass is 10.0. The lowest BCUT2D eigenvalue weighted by Crippen LogP contribution is -2.27. The number of amides is 1. The Labute approximate surface area is 175 Å². The molecule has 1 amide bonds. The molecule has 0 spiro atoms. The first-order valence-electron chi connectivity index (χ1n) is 8.68. The van der Waals surface area contributed by atoms with Crippen LogP contribution in [0.25, 0.3) is 11.1 Å². The van der Waals surface area contributed by atoms with Gasteiger partial charge in [-0.3, -0.25) is 9.78 Å². The Morgan fingerprint density at radius 1 is 1.28 bits per heavy atom. The van der Waals surface area contributed by atoms with E-state index in [1.54, 1.807) is 24.4 Å². The Morgan fingerprint density at radius 3 is 2.72 bits per heavy atom. The van der Waals surface area contributed by atoms with E-state index in [1.165, 1.54) is 25.7 Å². The predicted octanol–water partition coefficient (Wildman–Crippen LogP) is 3.27. The summed E-state index contributed by atoms with van der Waals surface area (Å²) in [4.78, 5) is 16.8. The molecule has 2 N–H and O–H groups in total. The average molecular weight is 429 g/mol. The van der Waals surface area contributed by atoms with E-state index in [-0.39, 0.29) is 17.4 Å². The molecule has 1 aliphatic rings. The van der Waals surface area contributed by atoms with Crippen molar-refractivity contribution < 1.29 is 13.2 Å². The van der Waals surface area contributed by atoms with Crippen molar-refractivity contribution in [3.05, 3.63) is 94.5 Å². The largest absolute Gasteiger partial charge is 0.337 e. The highest BCUT2D eigenvalue weighted by Gasteiger charge is 2.27. The summed E-state index contributed by atoms with van der Waals surface area (Å²) in [5.41, 5.74) is 3.15. The third kappa shape index (κ3) is 4.76. The van der Waals surface area contributed by atoms with E-state index in [0.29, 0.717) is 21.7 Å². The molecule has 148 valence electrons. The molecule has 1 aliphatic carbocycles. The van der Waals surface area contributed by atoms with Crippen LogP contribution in [0.15, 0.2) is 77.5 Å². The third-order valence-electron chi connectivity index (χ3n) is 4.38. The maximum absolute atomic E-state index is 12.6. The fourth-order valence-electron chi connectivity index (χ4n) is 2.74. The van der Waals surface area contributed by atoms with Crippen LogP contribution < -0.4 is 10.0 Å². The van der Waals surface area contributed by atoms with Gasteiger partial charge in [0.1, 0.15) is 0 Å². The first-order chi connectivity index (χ1) is 13.8. The normalized spacial score (nSPS) is 13.9. The maximum Gasteiger partial charge on any atom is 0.265 e. The number of nitrogens with zero attached hydrogens (tertiary/aromatic N) is 1. The van der Waals surface area contributed by atoms with E-state index in [9.17, 15) is 13.2 Å². The number of carbonyl (C=O) groups is 1. The number of aromatic nitrogens is 1. The van der Waals surface area contributed by atoms with Crippen molar-refractivity contribution in [2.75, 3.05) is 13.6 Å². The molecular formula is C21H19ClN3O3S+. The molecule has 0 saturated heterocycles. The Bertz CT molecular complexity index is 1140. The molecule has 0 saturated carbocycles. The molecular weight excluding hydrogens is 410 g/mol. The van der Waals surface area contributed by atoms with Crippen LogP contribution in [0.4, 0.5) is 0 Å². The minimum absolute atomic E-state index is 0.122. The number of pyridine rings is 1. The molecule has 1 aromatic carbocycles. The van der Waals surface area contributed by atoms with Gasteiger partial charge in [-0.05, 0) is 19.2 Å². The van der Waals surface area contributed by atoms with Crippen LogP contribution in [-0.2, 0) is 10.0 Å². The van der Waals surface area contributed by atoms with Crippen molar-refractivity contribution in [1.82, 2.24) is 15.0 Å². The fourth-order valence-corrected chi connectivity index (χ4v) is 3.77. The Kier molecular flexibility index (Phi) is 6.22. The minimum atomic E-state index is -3.54. The number of allylic oxidation sites excluding steroid dienone is 3. The van der Waals surface area contributed by atoms with Crippen molar-refractivity contribution in [2.24, 2.45) is 0 Å². The van der Waals surface area contributed by atoms with Crippen LogP contribution in [0.3, 0.4) is 0 Å². The number of hydrogen-bond acceptors (Lipinski definition) is 4.